The molecule has 0 bridgehead atoms. The second-order valence-corrected chi connectivity index (χ2v) is 25.6. The van der Waals surface area contributed by atoms with Gasteiger partial charge in [0.1, 0.15) is 13.2 Å². The maximum Gasteiger partial charge on any atom is 0.306 e. The number of hydrogen-bond donors (Lipinski definition) is 0. The number of carbonyl (C=O) groups is 3. The van der Waals surface area contributed by atoms with Crippen molar-refractivity contribution in [1.29, 1.82) is 0 Å². The first kappa shape index (κ1) is 78.4. The summed E-state index contributed by atoms with van der Waals surface area (Å²) in [5.41, 5.74) is 0. The van der Waals surface area contributed by atoms with Gasteiger partial charge in [0.25, 0.3) is 0 Å². The minimum Gasteiger partial charge on any atom is -0.462 e. The van der Waals surface area contributed by atoms with Crippen LogP contribution in [0.3, 0.4) is 0 Å². The monoisotopic (exact) mass is 1130 g/mol. The Morgan fingerprint density at radius 3 is 0.500 bits per heavy atom. The van der Waals surface area contributed by atoms with E-state index in [1.807, 2.05) is 0 Å². The molecule has 0 radical (unpaired) electrons. The van der Waals surface area contributed by atoms with E-state index in [1.54, 1.807) is 0 Å². The van der Waals surface area contributed by atoms with E-state index in [4.69, 9.17) is 14.2 Å². The molecule has 0 spiro atoms. The Balaban J connectivity index is 3.95. The Bertz CT molecular complexity index is 1200. The van der Waals surface area contributed by atoms with Gasteiger partial charge in [-0.05, 0) is 19.3 Å². The summed E-state index contributed by atoms with van der Waals surface area (Å²) in [5, 5.41) is 0. The van der Waals surface area contributed by atoms with Crippen LogP contribution in [0.4, 0.5) is 0 Å². The van der Waals surface area contributed by atoms with E-state index < -0.39 is 6.10 Å². The van der Waals surface area contributed by atoms with E-state index in [-0.39, 0.29) is 31.1 Å². The molecular formula is C74H144O6. The maximum atomic E-state index is 12.9. The molecule has 0 amide bonds. The quantitative estimate of drug-likeness (QED) is 0.0343. The molecule has 0 fully saturated rings. The van der Waals surface area contributed by atoms with Crippen molar-refractivity contribution in [1.82, 2.24) is 0 Å². The molecule has 0 N–H and O–H groups in total. The predicted octanol–water partition coefficient (Wildman–Crippen LogP) is 25.4. The van der Waals surface area contributed by atoms with Crippen LogP contribution < -0.4 is 0 Å². The summed E-state index contributed by atoms with van der Waals surface area (Å²) in [5.74, 6) is -0.829. The second-order valence-electron chi connectivity index (χ2n) is 25.6. The minimum absolute atomic E-state index is 0.0609. The van der Waals surface area contributed by atoms with Crippen molar-refractivity contribution in [2.45, 2.75) is 444 Å². The van der Waals surface area contributed by atoms with Gasteiger partial charge >= 0.3 is 17.9 Å². The summed E-state index contributed by atoms with van der Waals surface area (Å²) >= 11 is 0. The van der Waals surface area contributed by atoms with Crippen molar-refractivity contribution in [2.75, 3.05) is 13.2 Å². The van der Waals surface area contributed by atoms with E-state index in [9.17, 15) is 14.4 Å². The zero-order valence-corrected chi connectivity index (χ0v) is 54.9. The molecule has 0 aliphatic rings. The highest BCUT2D eigenvalue weighted by Gasteiger charge is 2.20. The maximum absolute atomic E-state index is 12.9. The van der Waals surface area contributed by atoms with Gasteiger partial charge in [0, 0.05) is 19.3 Å². The number of rotatable bonds is 70. The van der Waals surface area contributed by atoms with Crippen LogP contribution in [-0.4, -0.2) is 37.2 Å². The van der Waals surface area contributed by atoms with Gasteiger partial charge in [0.2, 0.25) is 0 Å². The van der Waals surface area contributed by atoms with Crippen LogP contribution in [0.2, 0.25) is 0 Å². The summed E-state index contributed by atoms with van der Waals surface area (Å²) in [6.07, 6.45) is 83.3. The zero-order valence-electron chi connectivity index (χ0n) is 54.9. The number of ether oxygens (including phenoxy) is 3. The fourth-order valence-corrected chi connectivity index (χ4v) is 11.8. The highest BCUT2D eigenvalue weighted by Crippen LogP contribution is 2.20. The summed E-state index contributed by atoms with van der Waals surface area (Å²) in [6.45, 7) is 6.71. The summed E-state index contributed by atoms with van der Waals surface area (Å²) in [4.78, 5) is 38.2. The fourth-order valence-electron chi connectivity index (χ4n) is 11.8. The number of unbranched alkanes of at least 4 members (excludes halogenated alkanes) is 59. The number of hydrogen-bond acceptors (Lipinski definition) is 6. The lowest BCUT2D eigenvalue weighted by Crippen LogP contribution is -2.30. The molecule has 476 valence electrons. The molecule has 1 unspecified atom stereocenters. The molecule has 0 aromatic rings. The van der Waals surface area contributed by atoms with E-state index in [0.29, 0.717) is 19.3 Å². The van der Waals surface area contributed by atoms with Crippen molar-refractivity contribution in [2.24, 2.45) is 0 Å². The summed E-state index contributed by atoms with van der Waals surface area (Å²) in [7, 11) is 0. The van der Waals surface area contributed by atoms with Crippen LogP contribution in [0.1, 0.15) is 438 Å². The highest BCUT2D eigenvalue weighted by atomic mass is 16.6. The fraction of sp³-hybridized carbons (Fsp3) is 0.959. The molecule has 80 heavy (non-hydrogen) atoms. The largest absolute Gasteiger partial charge is 0.462 e. The third-order valence-corrected chi connectivity index (χ3v) is 17.4. The van der Waals surface area contributed by atoms with E-state index in [1.165, 1.54) is 340 Å². The summed E-state index contributed by atoms with van der Waals surface area (Å²) in [6, 6.07) is 0. The molecule has 0 aromatic heterocycles. The lowest BCUT2D eigenvalue weighted by atomic mass is 10.0. The minimum atomic E-state index is -0.762. The topological polar surface area (TPSA) is 78.9 Å². The molecule has 0 saturated heterocycles. The first-order valence-electron chi connectivity index (χ1n) is 37.0. The lowest BCUT2D eigenvalue weighted by molar-refractivity contribution is -0.167. The molecule has 0 aliphatic heterocycles. The molecule has 0 aliphatic carbocycles. The van der Waals surface area contributed by atoms with Gasteiger partial charge in [0.15, 0.2) is 6.10 Å². The Hall–Kier alpha value is -1.59. The van der Waals surface area contributed by atoms with Crippen LogP contribution in [0.25, 0.3) is 0 Å². The normalized spacial score (nSPS) is 11.9. The lowest BCUT2D eigenvalue weighted by Gasteiger charge is -2.18. The van der Waals surface area contributed by atoms with Crippen LogP contribution in [0, 0.1) is 0 Å². The molecule has 0 rings (SSSR count). The van der Waals surface area contributed by atoms with Gasteiger partial charge in [-0.15, -0.1) is 0 Å². The third kappa shape index (κ3) is 67.2. The van der Waals surface area contributed by atoms with Crippen molar-refractivity contribution in [3.8, 4) is 0 Å². The van der Waals surface area contributed by atoms with Crippen LogP contribution in [0.5, 0.6) is 0 Å². The number of carbonyl (C=O) groups excluding carboxylic acids is 3. The SMILES string of the molecule is CCCCCCCCCCCCCCCCCCCCCCCCCCCCCCCCCCCC(=O)OCC(COC(=O)CCCCCCCCCC)OC(=O)CCCCCCCCCCCCCCCCCCCCCCC. The van der Waals surface area contributed by atoms with Gasteiger partial charge in [-0.2, -0.15) is 0 Å². The van der Waals surface area contributed by atoms with Crippen molar-refractivity contribution in [3.63, 3.8) is 0 Å². The molecule has 6 nitrogen and oxygen atoms in total. The molecule has 0 heterocycles. The molecular weight excluding hydrogens is 985 g/mol. The van der Waals surface area contributed by atoms with Gasteiger partial charge in [-0.1, -0.05) is 400 Å². The second kappa shape index (κ2) is 69.9. The third-order valence-electron chi connectivity index (χ3n) is 17.4. The first-order valence-corrected chi connectivity index (χ1v) is 37.0. The molecule has 1 atom stereocenters. The average molecular weight is 1130 g/mol. The van der Waals surface area contributed by atoms with Crippen LogP contribution in [-0.2, 0) is 28.6 Å². The predicted molar refractivity (Wildman–Crippen MR) is 349 cm³/mol. The standard InChI is InChI=1S/C74H144O6/c1-4-7-10-13-16-19-21-23-25-27-29-31-32-33-34-35-36-37-38-39-40-41-42-44-45-47-49-51-53-55-58-61-64-67-73(76)79-70-71(69-78-72(75)66-63-60-57-18-15-12-9-6-3)80-74(77)68-65-62-59-56-54-52-50-48-46-43-30-28-26-24-22-20-17-14-11-8-5-2/h71H,4-70H2,1-3H3. The van der Waals surface area contributed by atoms with E-state index in [0.717, 1.165) is 57.8 Å². The van der Waals surface area contributed by atoms with E-state index >= 15 is 0 Å². The average Bonchev–Trinajstić information content (AvgIpc) is 3.46. The van der Waals surface area contributed by atoms with Crippen LogP contribution >= 0.6 is 0 Å². The zero-order chi connectivity index (χ0) is 57.8. The molecule has 6 heteroatoms. The first-order chi connectivity index (χ1) is 39.5. The van der Waals surface area contributed by atoms with Gasteiger partial charge < -0.3 is 14.2 Å². The van der Waals surface area contributed by atoms with Crippen molar-refractivity contribution >= 4 is 17.9 Å². The van der Waals surface area contributed by atoms with E-state index in [2.05, 4.69) is 20.8 Å². The Labute approximate surface area is 501 Å². The highest BCUT2D eigenvalue weighted by molar-refractivity contribution is 5.71. The smallest absolute Gasteiger partial charge is 0.306 e. The molecule has 0 aromatic carbocycles. The number of esters is 3. The van der Waals surface area contributed by atoms with Crippen molar-refractivity contribution in [3.05, 3.63) is 0 Å². The van der Waals surface area contributed by atoms with Crippen molar-refractivity contribution < 1.29 is 28.6 Å². The van der Waals surface area contributed by atoms with Gasteiger partial charge in [0.05, 0.1) is 0 Å². The Morgan fingerprint density at radius 1 is 0.200 bits per heavy atom. The Morgan fingerprint density at radius 2 is 0.338 bits per heavy atom. The Kier molecular flexibility index (Phi) is 68.5. The van der Waals surface area contributed by atoms with Gasteiger partial charge in [-0.25, -0.2) is 0 Å². The van der Waals surface area contributed by atoms with Gasteiger partial charge in [-0.3, -0.25) is 14.4 Å². The summed E-state index contributed by atoms with van der Waals surface area (Å²) < 4.78 is 16.9. The van der Waals surface area contributed by atoms with Crippen LogP contribution in [0.15, 0.2) is 0 Å². The molecule has 0 saturated carbocycles.